The molecular weight excluding hydrogens is 225 g/mol. The van der Waals surface area contributed by atoms with Crippen LogP contribution in [-0.4, -0.2) is 28.2 Å². The molecule has 4 nitrogen and oxygen atoms in total. The SMILES string of the molecule is O=C(Nc1cn[nH]c1)C(F)(F)C(F)(F)F. The Morgan fingerprint density at radius 3 is 2.33 bits per heavy atom. The van der Waals surface area contributed by atoms with Gasteiger partial charge in [0.1, 0.15) is 0 Å². The van der Waals surface area contributed by atoms with Crippen LogP contribution < -0.4 is 5.32 Å². The Morgan fingerprint density at radius 1 is 1.33 bits per heavy atom. The first-order chi connectivity index (χ1) is 6.75. The van der Waals surface area contributed by atoms with Crippen molar-refractivity contribution in [3.8, 4) is 0 Å². The van der Waals surface area contributed by atoms with Gasteiger partial charge in [-0.15, -0.1) is 0 Å². The fourth-order valence-corrected chi connectivity index (χ4v) is 0.658. The quantitative estimate of drug-likeness (QED) is 0.756. The number of nitrogens with one attached hydrogen (secondary N) is 2. The molecule has 84 valence electrons. The summed E-state index contributed by atoms with van der Waals surface area (Å²) in [5.41, 5.74) is -0.274. The maximum Gasteiger partial charge on any atom is 0.463 e. The summed E-state index contributed by atoms with van der Waals surface area (Å²) >= 11 is 0. The highest BCUT2D eigenvalue weighted by molar-refractivity contribution is 5.96. The van der Waals surface area contributed by atoms with E-state index >= 15 is 0 Å². The van der Waals surface area contributed by atoms with Gasteiger partial charge in [-0.05, 0) is 0 Å². The van der Waals surface area contributed by atoms with Crippen molar-refractivity contribution in [3.63, 3.8) is 0 Å². The predicted molar refractivity (Wildman–Crippen MR) is 38.2 cm³/mol. The number of aromatic nitrogens is 2. The summed E-state index contributed by atoms with van der Waals surface area (Å²) in [6, 6.07) is 0. The van der Waals surface area contributed by atoms with Gasteiger partial charge in [-0.25, -0.2) is 0 Å². The van der Waals surface area contributed by atoms with E-state index in [9.17, 15) is 26.7 Å². The Kier molecular flexibility index (Phi) is 2.65. The number of halogens is 5. The van der Waals surface area contributed by atoms with Crippen molar-refractivity contribution in [2.75, 3.05) is 5.32 Å². The van der Waals surface area contributed by atoms with Gasteiger partial charge in [0.2, 0.25) is 0 Å². The van der Waals surface area contributed by atoms with E-state index in [-0.39, 0.29) is 5.69 Å². The Balaban J connectivity index is 2.77. The molecule has 0 aliphatic rings. The second kappa shape index (κ2) is 3.48. The second-order valence-electron chi connectivity index (χ2n) is 2.51. The summed E-state index contributed by atoms with van der Waals surface area (Å²) in [6.45, 7) is 0. The van der Waals surface area contributed by atoms with Crippen molar-refractivity contribution in [3.05, 3.63) is 12.4 Å². The van der Waals surface area contributed by atoms with E-state index in [2.05, 4.69) is 10.2 Å². The lowest BCUT2D eigenvalue weighted by Crippen LogP contribution is -2.47. The normalized spacial score (nSPS) is 12.6. The summed E-state index contributed by atoms with van der Waals surface area (Å²) in [5.74, 6) is -7.87. The van der Waals surface area contributed by atoms with Crippen LogP contribution in [0.5, 0.6) is 0 Å². The van der Waals surface area contributed by atoms with Crippen LogP contribution in [-0.2, 0) is 4.79 Å². The van der Waals surface area contributed by atoms with Gasteiger partial charge in [-0.1, -0.05) is 0 Å². The number of amides is 1. The lowest BCUT2D eigenvalue weighted by atomic mass is 10.3. The molecule has 0 saturated carbocycles. The summed E-state index contributed by atoms with van der Waals surface area (Å²) in [5, 5.41) is 6.75. The summed E-state index contributed by atoms with van der Waals surface area (Å²) in [7, 11) is 0. The molecular formula is C6H4F5N3O. The van der Waals surface area contributed by atoms with Crippen LogP contribution in [0.15, 0.2) is 12.4 Å². The molecule has 0 saturated heterocycles. The number of rotatable bonds is 2. The number of carbonyl (C=O) groups excluding carboxylic acids is 1. The van der Waals surface area contributed by atoms with Crippen LogP contribution in [0.2, 0.25) is 0 Å². The van der Waals surface area contributed by atoms with Gasteiger partial charge in [0.15, 0.2) is 0 Å². The number of alkyl halides is 5. The summed E-state index contributed by atoms with van der Waals surface area (Å²) in [4.78, 5) is 10.6. The first-order valence-corrected chi connectivity index (χ1v) is 3.50. The van der Waals surface area contributed by atoms with E-state index in [1.807, 2.05) is 0 Å². The maximum absolute atomic E-state index is 12.3. The van der Waals surface area contributed by atoms with E-state index in [4.69, 9.17) is 0 Å². The second-order valence-corrected chi connectivity index (χ2v) is 2.51. The third-order valence-corrected chi connectivity index (χ3v) is 1.40. The van der Waals surface area contributed by atoms with Crippen molar-refractivity contribution in [2.45, 2.75) is 12.1 Å². The first-order valence-electron chi connectivity index (χ1n) is 3.50. The molecule has 0 aliphatic heterocycles. The smallest absolute Gasteiger partial charge is 0.318 e. The van der Waals surface area contributed by atoms with Gasteiger partial charge in [-0.3, -0.25) is 9.89 Å². The molecule has 0 unspecified atom stereocenters. The number of hydrogen-bond donors (Lipinski definition) is 2. The fourth-order valence-electron chi connectivity index (χ4n) is 0.658. The molecule has 1 amide bonds. The number of H-pyrrole nitrogens is 1. The van der Waals surface area contributed by atoms with E-state index in [0.29, 0.717) is 0 Å². The highest BCUT2D eigenvalue weighted by Gasteiger charge is 2.63. The number of carbonyl (C=O) groups is 1. The van der Waals surface area contributed by atoms with Gasteiger partial charge < -0.3 is 5.32 Å². The molecule has 0 radical (unpaired) electrons. The van der Waals surface area contributed by atoms with E-state index in [0.717, 1.165) is 12.4 Å². The minimum atomic E-state index is -5.92. The van der Waals surface area contributed by atoms with E-state index in [1.54, 1.807) is 0 Å². The standard InChI is InChI=1S/C6H4F5N3O/c7-5(8,6(9,10)11)4(15)14-3-1-12-13-2-3/h1-2H,(H,12,13)(H,14,15). The molecule has 0 aromatic carbocycles. The largest absolute Gasteiger partial charge is 0.463 e. The van der Waals surface area contributed by atoms with Crippen LogP contribution in [0, 0.1) is 0 Å². The lowest BCUT2D eigenvalue weighted by molar-refractivity contribution is -0.267. The first kappa shape index (κ1) is 11.4. The zero-order valence-electron chi connectivity index (χ0n) is 6.90. The minimum absolute atomic E-state index is 0.274. The van der Waals surface area contributed by atoms with Gasteiger partial charge in [-0.2, -0.15) is 27.1 Å². The van der Waals surface area contributed by atoms with Crippen LogP contribution >= 0.6 is 0 Å². The monoisotopic (exact) mass is 229 g/mol. The molecule has 1 aromatic heterocycles. The van der Waals surface area contributed by atoms with Gasteiger partial charge in [0.05, 0.1) is 11.9 Å². The average molecular weight is 229 g/mol. The molecule has 0 bridgehead atoms. The van der Waals surface area contributed by atoms with Crippen LogP contribution in [0.3, 0.4) is 0 Å². The number of nitrogens with zero attached hydrogens (tertiary/aromatic N) is 1. The Hall–Kier alpha value is -1.67. The van der Waals surface area contributed by atoms with Crippen molar-refractivity contribution in [2.24, 2.45) is 0 Å². The van der Waals surface area contributed by atoms with Crippen molar-refractivity contribution in [1.82, 2.24) is 10.2 Å². The van der Waals surface area contributed by atoms with Gasteiger partial charge in [0, 0.05) is 6.20 Å². The highest BCUT2D eigenvalue weighted by atomic mass is 19.4. The highest BCUT2D eigenvalue weighted by Crippen LogP contribution is 2.36. The molecule has 1 aromatic rings. The molecule has 0 atom stereocenters. The molecule has 0 aliphatic carbocycles. The lowest BCUT2D eigenvalue weighted by Gasteiger charge is -2.17. The molecule has 2 N–H and O–H groups in total. The summed E-state index contributed by atoms with van der Waals surface area (Å²) < 4.78 is 59.7. The fraction of sp³-hybridized carbons (Fsp3) is 0.333. The van der Waals surface area contributed by atoms with Crippen LogP contribution in [0.4, 0.5) is 27.6 Å². The Bertz CT molecular complexity index is 344. The van der Waals surface area contributed by atoms with Crippen LogP contribution in [0.25, 0.3) is 0 Å². The molecule has 0 fully saturated rings. The average Bonchev–Trinajstić information content (AvgIpc) is 2.54. The van der Waals surface area contributed by atoms with E-state index < -0.39 is 18.0 Å². The number of anilines is 1. The minimum Gasteiger partial charge on any atom is -0.318 e. The Morgan fingerprint density at radius 2 is 1.93 bits per heavy atom. The zero-order valence-corrected chi connectivity index (χ0v) is 6.90. The molecule has 1 rings (SSSR count). The van der Waals surface area contributed by atoms with Crippen LogP contribution in [0.1, 0.15) is 0 Å². The maximum atomic E-state index is 12.3. The topological polar surface area (TPSA) is 57.8 Å². The molecule has 15 heavy (non-hydrogen) atoms. The third-order valence-electron chi connectivity index (χ3n) is 1.40. The van der Waals surface area contributed by atoms with Crippen molar-refractivity contribution < 1.29 is 26.7 Å². The van der Waals surface area contributed by atoms with Crippen molar-refractivity contribution in [1.29, 1.82) is 0 Å². The van der Waals surface area contributed by atoms with Crippen molar-refractivity contribution >= 4 is 11.6 Å². The van der Waals surface area contributed by atoms with E-state index in [1.165, 1.54) is 5.32 Å². The predicted octanol–water partition coefficient (Wildman–Crippen LogP) is 1.55. The van der Waals surface area contributed by atoms with Gasteiger partial charge in [0.25, 0.3) is 0 Å². The molecule has 0 spiro atoms. The summed E-state index contributed by atoms with van der Waals surface area (Å²) in [6.07, 6.45) is -4.06. The Labute approximate surface area is 79.5 Å². The van der Waals surface area contributed by atoms with Gasteiger partial charge >= 0.3 is 18.0 Å². The molecule has 1 heterocycles. The number of aromatic amines is 1. The number of hydrogen-bond acceptors (Lipinski definition) is 2. The third kappa shape index (κ3) is 2.22. The molecule has 9 heteroatoms. The zero-order chi connectivity index (χ0) is 11.7.